The first kappa shape index (κ1) is 33.2. The number of allylic oxidation sites excluding steroid dienone is 2. The van der Waals surface area contributed by atoms with Crippen molar-refractivity contribution in [1.82, 2.24) is 4.57 Å². The molecule has 0 spiro atoms. The molecule has 0 saturated heterocycles. The fourth-order valence-corrected chi connectivity index (χ4v) is 13.7. The Labute approximate surface area is 282 Å². The Balaban J connectivity index is 0.000000185. The molecule has 0 amide bonds. The molecule has 0 N–H and O–H groups in total. The van der Waals surface area contributed by atoms with Crippen LogP contribution in [0.2, 0.25) is 32.7 Å². The molecular formula is C36H40Cl2NSi2Zr. The van der Waals surface area contributed by atoms with E-state index in [-0.39, 0.29) is 24.8 Å². The largest absolute Gasteiger partial charge is 1.00 e. The number of hydrogen-bond donors (Lipinski definition) is 0. The number of hydrogen-bond acceptors (Lipinski definition) is 0. The first-order valence-corrected chi connectivity index (χ1v) is 22.5. The van der Waals surface area contributed by atoms with Gasteiger partial charge in [-0.05, 0) is 42.8 Å². The summed E-state index contributed by atoms with van der Waals surface area (Å²) in [5.74, 6) is 0. The second kappa shape index (κ2) is 12.0. The fourth-order valence-electron chi connectivity index (χ4n) is 7.38. The Hall–Kier alpha value is -1.68. The minimum Gasteiger partial charge on any atom is -1.00 e. The second-order valence-electron chi connectivity index (χ2n) is 13.4. The van der Waals surface area contributed by atoms with Gasteiger partial charge in [0.1, 0.15) is 0 Å². The van der Waals surface area contributed by atoms with Crippen molar-refractivity contribution in [2.75, 3.05) is 0 Å². The molecule has 2 unspecified atom stereocenters. The van der Waals surface area contributed by atoms with E-state index in [1.807, 2.05) is 0 Å². The van der Waals surface area contributed by atoms with Gasteiger partial charge in [-0.15, -0.1) is 0 Å². The van der Waals surface area contributed by atoms with E-state index in [0.29, 0.717) is 3.63 Å². The predicted octanol–water partition coefficient (Wildman–Crippen LogP) is 3.37. The third-order valence-corrected chi connectivity index (χ3v) is 17.4. The van der Waals surface area contributed by atoms with E-state index in [2.05, 4.69) is 143 Å². The molecule has 42 heavy (non-hydrogen) atoms. The molecule has 1 nitrogen and oxygen atoms in total. The molecule has 215 valence electrons. The molecule has 2 bridgehead atoms. The van der Waals surface area contributed by atoms with Crippen LogP contribution in [0, 0.1) is 6.92 Å². The van der Waals surface area contributed by atoms with Crippen molar-refractivity contribution in [1.29, 1.82) is 0 Å². The summed E-state index contributed by atoms with van der Waals surface area (Å²) in [7, 11) is -2.40. The van der Waals surface area contributed by atoms with E-state index >= 15 is 0 Å². The smallest absolute Gasteiger partial charge is 1.00 e. The first-order valence-electron chi connectivity index (χ1n) is 14.5. The van der Waals surface area contributed by atoms with Gasteiger partial charge in [-0.1, -0.05) is 36.9 Å². The van der Waals surface area contributed by atoms with E-state index in [1.165, 1.54) is 50.1 Å². The van der Waals surface area contributed by atoms with Crippen molar-refractivity contribution in [2.45, 2.75) is 62.7 Å². The van der Waals surface area contributed by atoms with Gasteiger partial charge in [-0.3, -0.25) is 0 Å². The first-order chi connectivity index (χ1) is 18.9. The van der Waals surface area contributed by atoms with Gasteiger partial charge < -0.3 is 29.4 Å². The van der Waals surface area contributed by atoms with Crippen LogP contribution in [0.4, 0.5) is 0 Å². The van der Waals surface area contributed by atoms with Crippen LogP contribution in [-0.4, -0.2) is 20.7 Å². The van der Waals surface area contributed by atoms with Gasteiger partial charge in [0.2, 0.25) is 0 Å². The summed E-state index contributed by atoms with van der Waals surface area (Å²) in [6, 6.07) is 29.3. The molecule has 2 aliphatic heterocycles. The van der Waals surface area contributed by atoms with Gasteiger partial charge in [-0.2, -0.15) is 0 Å². The molecule has 0 fully saturated rings. The summed E-state index contributed by atoms with van der Waals surface area (Å²) in [4.78, 5) is 0. The van der Waals surface area contributed by atoms with E-state index < -0.39 is 16.1 Å². The normalized spacial score (nSPS) is 19.0. The molecule has 0 radical (unpaired) electrons. The van der Waals surface area contributed by atoms with Crippen LogP contribution in [-0.2, 0) is 24.7 Å². The van der Waals surface area contributed by atoms with Crippen LogP contribution in [0.5, 0.6) is 0 Å². The number of benzene rings is 3. The number of rotatable bonds is 3. The van der Waals surface area contributed by atoms with Crippen molar-refractivity contribution in [2.24, 2.45) is 0 Å². The average molecular weight is 705 g/mol. The second-order valence-corrected chi connectivity index (χ2v) is 24.4. The van der Waals surface area contributed by atoms with Crippen molar-refractivity contribution in [3.63, 3.8) is 0 Å². The Morgan fingerprint density at radius 1 is 0.786 bits per heavy atom. The summed E-state index contributed by atoms with van der Waals surface area (Å²) >= 11 is 1.59. The van der Waals surface area contributed by atoms with Crippen LogP contribution >= 0.6 is 0 Å². The predicted molar refractivity (Wildman–Crippen MR) is 175 cm³/mol. The van der Waals surface area contributed by atoms with Crippen molar-refractivity contribution < 1.29 is 49.5 Å². The van der Waals surface area contributed by atoms with Crippen molar-refractivity contribution in [3.05, 3.63) is 118 Å². The van der Waals surface area contributed by atoms with E-state index in [4.69, 9.17) is 0 Å². The van der Waals surface area contributed by atoms with E-state index in [1.54, 1.807) is 41.1 Å². The third-order valence-electron chi connectivity index (χ3n) is 9.31. The van der Waals surface area contributed by atoms with Gasteiger partial charge in [0, 0.05) is 22.6 Å². The van der Waals surface area contributed by atoms with Crippen LogP contribution < -0.4 is 30.0 Å². The maximum absolute atomic E-state index is 2.52. The molecule has 2 aliphatic carbocycles. The SMILES string of the molecule is CC1=C2c3c(cc(C)n3-c3ccccc3)C1[Si]2(C)C.CC1=Cc2c(-c3ccc([Si](C)(C)C)cc3)cccc2[CH]1[Zr+2].[Cl-].[Cl-]. The Morgan fingerprint density at radius 2 is 1.43 bits per heavy atom. The molecular weight excluding hydrogens is 665 g/mol. The zero-order valence-electron chi connectivity index (χ0n) is 25.9. The van der Waals surface area contributed by atoms with Gasteiger partial charge in [0.15, 0.2) is 0 Å². The molecule has 3 heterocycles. The summed E-state index contributed by atoms with van der Waals surface area (Å²) in [6.45, 7) is 19.1. The van der Waals surface area contributed by atoms with E-state index in [0.717, 1.165) is 5.54 Å². The zero-order valence-corrected chi connectivity index (χ0v) is 31.9. The minimum absolute atomic E-state index is 0. The molecule has 2 atom stereocenters. The zero-order chi connectivity index (χ0) is 28.6. The van der Waals surface area contributed by atoms with Crippen LogP contribution in [0.1, 0.15) is 51.1 Å². The molecule has 8 rings (SSSR count). The average Bonchev–Trinajstić information content (AvgIpc) is 3.56. The number of fused-ring (bicyclic) bond motifs is 1. The van der Waals surface area contributed by atoms with Gasteiger partial charge in [-0.25, -0.2) is 0 Å². The Kier molecular flexibility index (Phi) is 9.50. The fraction of sp³-hybridized carbons (Fsp3) is 0.278. The van der Waals surface area contributed by atoms with Crippen LogP contribution in [0.3, 0.4) is 0 Å². The summed E-state index contributed by atoms with van der Waals surface area (Å²) < 4.78 is 3.11. The summed E-state index contributed by atoms with van der Waals surface area (Å²) in [6.07, 6.45) is 2.39. The standard InChI is InChI=1S/C19H21Si.C17H19NSi.2ClH.Zr/c1-14-12-16-6-5-7-18(19(16)13-14)15-8-10-17(11-9-15)20(2,3)4;1-11-10-14-15(17-12(2)16(14)19(17,3)4)18(11)13-8-6-5-7-9-13;;;/h5-13H,1-4H3;5-10,16H,1-4H3;2*1H;/q;;;;+2/p-2. The number of halogens is 2. The minimum atomic E-state index is -1.21. The molecule has 6 heteroatoms. The molecule has 1 aromatic heterocycles. The van der Waals surface area contributed by atoms with E-state index in [9.17, 15) is 0 Å². The van der Waals surface area contributed by atoms with Crippen LogP contribution in [0.25, 0.3) is 28.1 Å². The number of para-hydroxylation sites is 1. The molecule has 3 aromatic carbocycles. The summed E-state index contributed by atoms with van der Waals surface area (Å²) in [5.41, 5.74) is 15.4. The Bertz CT molecular complexity index is 1690. The number of aryl methyl sites for hydroxylation is 1. The van der Waals surface area contributed by atoms with Gasteiger partial charge in [0.25, 0.3) is 0 Å². The van der Waals surface area contributed by atoms with Gasteiger partial charge >= 0.3 is 145 Å². The van der Waals surface area contributed by atoms with Crippen molar-refractivity contribution in [3.8, 4) is 16.8 Å². The van der Waals surface area contributed by atoms with Gasteiger partial charge in [0.05, 0.1) is 8.07 Å². The monoisotopic (exact) mass is 702 g/mol. The third kappa shape index (κ3) is 5.30. The molecule has 4 aromatic rings. The molecule has 4 aliphatic rings. The number of aromatic nitrogens is 1. The maximum atomic E-state index is 2.52. The van der Waals surface area contributed by atoms with Crippen molar-refractivity contribution >= 4 is 32.6 Å². The molecule has 0 saturated carbocycles. The Morgan fingerprint density at radius 3 is 2.02 bits per heavy atom. The maximum Gasteiger partial charge on any atom is -1.00 e. The summed E-state index contributed by atoms with van der Waals surface area (Å²) in [5, 5.41) is 3.24. The number of nitrogens with zero attached hydrogens (tertiary/aromatic N) is 1. The quantitative estimate of drug-likeness (QED) is 0.289. The topological polar surface area (TPSA) is 4.93 Å². The van der Waals surface area contributed by atoms with Crippen LogP contribution in [0.15, 0.2) is 90.0 Å².